The first-order chi connectivity index (χ1) is 7.29. The van der Waals surface area contributed by atoms with Crippen LogP contribution in [0.15, 0.2) is 23.3 Å². The van der Waals surface area contributed by atoms with Crippen LogP contribution in [0.2, 0.25) is 0 Å². The number of aryl methyl sites for hydroxylation is 1. The fraction of sp³-hybridized carbons (Fsp3) is 0.400. The Hall–Kier alpha value is -1.20. The largest absolute Gasteiger partial charge is 0.311 e. The highest BCUT2D eigenvalue weighted by atomic mass is 32.1. The van der Waals surface area contributed by atoms with E-state index in [1.54, 1.807) is 11.3 Å². The molecular formula is C10H14N4S. The second kappa shape index (κ2) is 4.55. The number of hydrogen-bond acceptors (Lipinski definition) is 4. The topological polar surface area (TPSA) is 42.7 Å². The van der Waals surface area contributed by atoms with Crippen LogP contribution in [0, 0.1) is 0 Å². The van der Waals surface area contributed by atoms with E-state index in [9.17, 15) is 0 Å². The van der Waals surface area contributed by atoms with Crippen LogP contribution >= 0.6 is 11.3 Å². The third-order valence-electron chi connectivity index (χ3n) is 2.36. The van der Waals surface area contributed by atoms with Crippen LogP contribution in [0.4, 0.5) is 0 Å². The van der Waals surface area contributed by atoms with Gasteiger partial charge in [-0.05, 0) is 19.0 Å². The SMILES string of the molecule is CNC(Cc1cnn(C)c1)c1cscn1. The molecule has 2 aromatic heterocycles. The first kappa shape index (κ1) is 10.3. The van der Waals surface area contributed by atoms with Crippen molar-refractivity contribution in [1.29, 1.82) is 0 Å². The van der Waals surface area contributed by atoms with Gasteiger partial charge >= 0.3 is 0 Å². The third-order valence-corrected chi connectivity index (χ3v) is 2.96. The Bertz CT molecular complexity index is 407. The molecule has 0 aliphatic carbocycles. The fourth-order valence-corrected chi connectivity index (χ4v) is 2.17. The Morgan fingerprint density at radius 1 is 1.60 bits per heavy atom. The lowest BCUT2D eigenvalue weighted by atomic mass is 10.1. The summed E-state index contributed by atoms with van der Waals surface area (Å²) in [5.41, 5.74) is 4.19. The van der Waals surface area contributed by atoms with Crippen molar-refractivity contribution in [1.82, 2.24) is 20.1 Å². The van der Waals surface area contributed by atoms with Gasteiger partial charge in [0.05, 0.1) is 23.4 Å². The van der Waals surface area contributed by atoms with Crippen molar-refractivity contribution in [3.8, 4) is 0 Å². The molecule has 1 unspecified atom stereocenters. The summed E-state index contributed by atoms with van der Waals surface area (Å²) >= 11 is 1.63. The highest BCUT2D eigenvalue weighted by Crippen LogP contribution is 2.17. The standard InChI is InChI=1S/C10H14N4S/c1-11-9(10-6-15-7-12-10)3-8-4-13-14(2)5-8/h4-7,9,11H,3H2,1-2H3. The number of likely N-dealkylation sites (N-methyl/N-ethyl adjacent to an activating group) is 1. The minimum absolute atomic E-state index is 0.278. The molecule has 2 heterocycles. The van der Waals surface area contributed by atoms with Gasteiger partial charge in [-0.1, -0.05) is 0 Å². The Morgan fingerprint density at radius 2 is 2.47 bits per heavy atom. The molecule has 0 radical (unpaired) electrons. The van der Waals surface area contributed by atoms with Crippen molar-refractivity contribution >= 4 is 11.3 Å². The summed E-state index contributed by atoms with van der Waals surface area (Å²) in [5, 5.41) is 9.51. The van der Waals surface area contributed by atoms with Crippen LogP contribution in [0.5, 0.6) is 0 Å². The van der Waals surface area contributed by atoms with Crippen LogP contribution in [0.1, 0.15) is 17.3 Å². The molecule has 2 aromatic rings. The van der Waals surface area contributed by atoms with Crippen LogP contribution in [0.3, 0.4) is 0 Å². The molecule has 0 saturated carbocycles. The van der Waals surface area contributed by atoms with Gasteiger partial charge in [0.15, 0.2) is 0 Å². The predicted molar refractivity (Wildman–Crippen MR) is 60.8 cm³/mol. The highest BCUT2D eigenvalue weighted by Gasteiger charge is 2.12. The van der Waals surface area contributed by atoms with E-state index >= 15 is 0 Å². The average Bonchev–Trinajstić information content (AvgIpc) is 2.85. The minimum atomic E-state index is 0.278. The molecule has 5 heteroatoms. The number of nitrogens with zero attached hydrogens (tertiary/aromatic N) is 3. The van der Waals surface area contributed by atoms with Crippen molar-refractivity contribution in [2.75, 3.05) is 7.05 Å². The van der Waals surface area contributed by atoms with Gasteiger partial charge in [0.25, 0.3) is 0 Å². The quantitative estimate of drug-likeness (QED) is 0.850. The normalized spacial score (nSPS) is 12.9. The molecular weight excluding hydrogens is 208 g/mol. The van der Waals surface area contributed by atoms with E-state index in [4.69, 9.17) is 0 Å². The Balaban J connectivity index is 2.09. The smallest absolute Gasteiger partial charge is 0.0795 e. The van der Waals surface area contributed by atoms with Gasteiger partial charge < -0.3 is 5.32 Å². The Morgan fingerprint density at radius 3 is 3.00 bits per heavy atom. The molecule has 1 atom stereocenters. The minimum Gasteiger partial charge on any atom is -0.311 e. The highest BCUT2D eigenvalue weighted by molar-refractivity contribution is 7.07. The number of hydrogen-bond donors (Lipinski definition) is 1. The molecule has 0 amide bonds. The van der Waals surface area contributed by atoms with Gasteiger partial charge in [0.1, 0.15) is 0 Å². The zero-order valence-corrected chi connectivity index (χ0v) is 9.66. The number of aromatic nitrogens is 3. The van der Waals surface area contributed by atoms with Crippen molar-refractivity contribution < 1.29 is 0 Å². The van der Waals surface area contributed by atoms with Crippen molar-refractivity contribution in [2.24, 2.45) is 7.05 Å². The average molecular weight is 222 g/mol. The summed E-state index contributed by atoms with van der Waals surface area (Å²) in [6.07, 6.45) is 4.86. The van der Waals surface area contributed by atoms with Crippen LogP contribution < -0.4 is 5.32 Å². The summed E-state index contributed by atoms with van der Waals surface area (Å²) in [4.78, 5) is 4.32. The molecule has 0 fully saturated rings. The first-order valence-electron chi connectivity index (χ1n) is 4.82. The predicted octanol–water partition coefficient (Wildman–Crippen LogP) is 1.38. The Kier molecular flexibility index (Phi) is 3.13. The molecule has 0 spiro atoms. The summed E-state index contributed by atoms with van der Waals surface area (Å²) in [5.74, 6) is 0. The van der Waals surface area contributed by atoms with E-state index in [-0.39, 0.29) is 6.04 Å². The summed E-state index contributed by atoms with van der Waals surface area (Å²) < 4.78 is 1.82. The second-order valence-electron chi connectivity index (χ2n) is 3.48. The van der Waals surface area contributed by atoms with Crippen molar-refractivity contribution in [3.05, 3.63) is 34.5 Å². The van der Waals surface area contributed by atoms with Gasteiger partial charge in [-0.2, -0.15) is 5.10 Å². The fourth-order valence-electron chi connectivity index (χ4n) is 1.56. The molecule has 0 saturated heterocycles. The van der Waals surface area contributed by atoms with E-state index in [0.29, 0.717) is 0 Å². The monoisotopic (exact) mass is 222 g/mol. The second-order valence-corrected chi connectivity index (χ2v) is 4.20. The molecule has 0 aliphatic rings. The maximum absolute atomic E-state index is 4.32. The maximum atomic E-state index is 4.32. The van der Waals surface area contributed by atoms with Gasteiger partial charge in [-0.15, -0.1) is 11.3 Å². The molecule has 0 aliphatic heterocycles. The molecule has 0 aromatic carbocycles. The summed E-state index contributed by atoms with van der Waals surface area (Å²) in [6, 6.07) is 0.278. The molecule has 4 nitrogen and oxygen atoms in total. The lowest BCUT2D eigenvalue weighted by molar-refractivity contribution is 0.579. The van der Waals surface area contributed by atoms with E-state index in [0.717, 1.165) is 12.1 Å². The summed E-state index contributed by atoms with van der Waals surface area (Å²) in [6.45, 7) is 0. The van der Waals surface area contributed by atoms with E-state index in [1.165, 1.54) is 5.56 Å². The molecule has 1 N–H and O–H groups in total. The third kappa shape index (κ3) is 2.43. The first-order valence-corrected chi connectivity index (χ1v) is 5.76. The van der Waals surface area contributed by atoms with Crippen molar-refractivity contribution in [3.63, 3.8) is 0 Å². The molecule has 80 valence electrons. The zero-order valence-electron chi connectivity index (χ0n) is 8.84. The molecule has 2 rings (SSSR count). The lowest BCUT2D eigenvalue weighted by Crippen LogP contribution is -2.18. The number of rotatable bonds is 4. The van der Waals surface area contributed by atoms with E-state index in [1.807, 2.05) is 36.7 Å². The zero-order chi connectivity index (χ0) is 10.7. The lowest BCUT2D eigenvalue weighted by Gasteiger charge is -2.11. The maximum Gasteiger partial charge on any atom is 0.0795 e. The number of thiazole rings is 1. The van der Waals surface area contributed by atoms with Crippen LogP contribution in [-0.4, -0.2) is 21.8 Å². The van der Waals surface area contributed by atoms with Gasteiger partial charge in [0, 0.05) is 18.6 Å². The van der Waals surface area contributed by atoms with Crippen molar-refractivity contribution in [2.45, 2.75) is 12.5 Å². The molecule has 0 bridgehead atoms. The van der Waals surface area contributed by atoms with Gasteiger partial charge in [-0.25, -0.2) is 4.98 Å². The molecule has 15 heavy (non-hydrogen) atoms. The van der Waals surface area contributed by atoms with E-state index < -0.39 is 0 Å². The number of nitrogens with one attached hydrogen (secondary N) is 1. The Labute approximate surface area is 93.0 Å². The van der Waals surface area contributed by atoms with Gasteiger partial charge in [0.2, 0.25) is 0 Å². The van der Waals surface area contributed by atoms with Crippen LogP contribution in [0.25, 0.3) is 0 Å². The van der Waals surface area contributed by atoms with Gasteiger partial charge in [-0.3, -0.25) is 4.68 Å². The summed E-state index contributed by atoms with van der Waals surface area (Å²) in [7, 11) is 3.89. The van der Waals surface area contributed by atoms with Crippen LogP contribution in [-0.2, 0) is 13.5 Å². The van der Waals surface area contributed by atoms with E-state index in [2.05, 4.69) is 20.8 Å².